The lowest BCUT2D eigenvalue weighted by atomic mass is 9.99. The van der Waals surface area contributed by atoms with E-state index in [1.165, 1.54) is 12.8 Å². The smallest absolute Gasteiger partial charge is 0.254 e. The van der Waals surface area contributed by atoms with Crippen LogP contribution in [-0.2, 0) is 6.54 Å². The van der Waals surface area contributed by atoms with Crippen molar-refractivity contribution in [3.05, 3.63) is 41.5 Å². The Morgan fingerprint density at radius 3 is 2.48 bits per heavy atom. The number of rotatable bonds is 5. The highest BCUT2D eigenvalue weighted by Crippen LogP contribution is 2.40. The van der Waals surface area contributed by atoms with Crippen LogP contribution in [0.25, 0.3) is 0 Å². The van der Waals surface area contributed by atoms with E-state index in [1.807, 2.05) is 52.8 Å². The Morgan fingerprint density at radius 2 is 1.89 bits per heavy atom. The number of carbonyl (C=O) groups excluding carboxylic acids is 1. The number of hydrogen-bond donors (Lipinski definition) is 0. The molecule has 4 rings (SSSR count). The van der Waals surface area contributed by atoms with Gasteiger partial charge in [0.05, 0.1) is 12.6 Å². The van der Waals surface area contributed by atoms with Gasteiger partial charge in [-0.25, -0.2) is 9.67 Å². The molecule has 0 radical (unpaired) electrons. The summed E-state index contributed by atoms with van der Waals surface area (Å²) in [4.78, 5) is 22.2. The summed E-state index contributed by atoms with van der Waals surface area (Å²) in [5.74, 6) is 3.05. The van der Waals surface area contributed by atoms with E-state index in [2.05, 4.69) is 13.8 Å². The lowest BCUT2D eigenvalue weighted by Crippen LogP contribution is -2.43. The average molecular weight is 367 g/mol. The largest absolute Gasteiger partial charge is 0.378 e. The summed E-state index contributed by atoms with van der Waals surface area (Å²) in [5, 5.41) is 4.73. The van der Waals surface area contributed by atoms with Crippen molar-refractivity contribution in [3.63, 3.8) is 0 Å². The summed E-state index contributed by atoms with van der Waals surface area (Å²) in [5.41, 5.74) is 1.84. The van der Waals surface area contributed by atoms with E-state index in [0.29, 0.717) is 18.4 Å². The van der Waals surface area contributed by atoms with E-state index in [4.69, 9.17) is 10.1 Å². The third-order valence-corrected chi connectivity index (χ3v) is 5.47. The standard InChI is InChI=1S/C21H29N5O/c1-14(2)13-18-20-22-19(15-5-6-15)23-26(20)12-11-25(18)21(27)16-7-9-17(10-8-16)24(3)4/h7-10,14-15,18H,5-6,11-13H2,1-4H3/t18-/m0/s1. The van der Waals surface area contributed by atoms with Crippen LogP contribution in [0.3, 0.4) is 0 Å². The van der Waals surface area contributed by atoms with E-state index >= 15 is 0 Å². The number of fused-ring (bicyclic) bond motifs is 1. The van der Waals surface area contributed by atoms with Gasteiger partial charge in [-0.05, 0) is 49.4 Å². The van der Waals surface area contributed by atoms with Crippen molar-refractivity contribution in [3.8, 4) is 0 Å². The monoisotopic (exact) mass is 367 g/mol. The predicted octanol–water partition coefficient (Wildman–Crippen LogP) is 3.46. The van der Waals surface area contributed by atoms with E-state index in [0.717, 1.165) is 35.9 Å². The second-order valence-corrected chi connectivity index (χ2v) is 8.41. The van der Waals surface area contributed by atoms with Crippen LogP contribution in [0, 0.1) is 5.92 Å². The van der Waals surface area contributed by atoms with Crippen LogP contribution in [0.2, 0.25) is 0 Å². The molecule has 144 valence electrons. The molecule has 6 nitrogen and oxygen atoms in total. The van der Waals surface area contributed by atoms with Gasteiger partial charge in [0.25, 0.3) is 5.91 Å². The second-order valence-electron chi connectivity index (χ2n) is 8.41. The number of nitrogens with zero attached hydrogens (tertiary/aromatic N) is 5. The maximum absolute atomic E-state index is 13.3. The van der Waals surface area contributed by atoms with Gasteiger partial charge in [-0.1, -0.05) is 13.8 Å². The van der Waals surface area contributed by atoms with Crippen molar-refractivity contribution in [2.45, 2.75) is 51.6 Å². The molecule has 0 N–H and O–H groups in total. The quantitative estimate of drug-likeness (QED) is 0.812. The van der Waals surface area contributed by atoms with Crippen LogP contribution in [0.15, 0.2) is 24.3 Å². The van der Waals surface area contributed by atoms with Gasteiger partial charge in [0.15, 0.2) is 5.82 Å². The number of benzene rings is 1. The van der Waals surface area contributed by atoms with E-state index in [1.54, 1.807) is 0 Å². The molecule has 1 atom stereocenters. The van der Waals surface area contributed by atoms with E-state index in [9.17, 15) is 4.79 Å². The van der Waals surface area contributed by atoms with Gasteiger partial charge < -0.3 is 9.80 Å². The molecule has 2 heterocycles. The van der Waals surface area contributed by atoms with Gasteiger partial charge in [-0.2, -0.15) is 5.10 Å². The molecule has 0 saturated heterocycles. The third kappa shape index (κ3) is 3.57. The minimum absolute atomic E-state index is 0.000208. The molecular formula is C21H29N5O. The molecule has 1 saturated carbocycles. The van der Waals surface area contributed by atoms with Crippen LogP contribution in [0.1, 0.15) is 67.1 Å². The fraction of sp³-hybridized carbons (Fsp3) is 0.571. The number of aromatic nitrogens is 3. The Morgan fingerprint density at radius 1 is 1.19 bits per heavy atom. The van der Waals surface area contributed by atoms with Crippen molar-refractivity contribution in [1.29, 1.82) is 0 Å². The first-order valence-electron chi connectivity index (χ1n) is 9.97. The lowest BCUT2D eigenvalue weighted by molar-refractivity contribution is 0.0578. The molecule has 1 aliphatic heterocycles. The maximum atomic E-state index is 13.3. The maximum Gasteiger partial charge on any atom is 0.254 e. The molecule has 0 bridgehead atoms. The molecule has 6 heteroatoms. The van der Waals surface area contributed by atoms with Crippen LogP contribution >= 0.6 is 0 Å². The second kappa shape index (κ2) is 6.98. The highest BCUT2D eigenvalue weighted by atomic mass is 16.2. The van der Waals surface area contributed by atoms with Gasteiger partial charge >= 0.3 is 0 Å². The normalized spacial score (nSPS) is 19.3. The van der Waals surface area contributed by atoms with Gasteiger partial charge in [0.1, 0.15) is 5.82 Å². The fourth-order valence-corrected chi connectivity index (χ4v) is 3.79. The van der Waals surface area contributed by atoms with Crippen molar-refractivity contribution in [1.82, 2.24) is 19.7 Å². The van der Waals surface area contributed by atoms with Gasteiger partial charge in [-0.15, -0.1) is 0 Å². The predicted molar refractivity (Wildman–Crippen MR) is 106 cm³/mol. The highest BCUT2D eigenvalue weighted by Gasteiger charge is 2.37. The lowest BCUT2D eigenvalue weighted by Gasteiger charge is -2.36. The molecule has 1 aromatic carbocycles. The zero-order valence-electron chi connectivity index (χ0n) is 16.7. The third-order valence-electron chi connectivity index (χ3n) is 5.47. The van der Waals surface area contributed by atoms with Gasteiger partial charge in [0, 0.05) is 37.8 Å². The summed E-state index contributed by atoms with van der Waals surface area (Å²) in [6.07, 6.45) is 3.29. The Kier molecular flexibility index (Phi) is 4.66. The Labute approximate surface area is 161 Å². The van der Waals surface area contributed by atoms with Crippen molar-refractivity contribution < 1.29 is 4.79 Å². The number of amides is 1. The van der Waals surface area contributed by atoms with Crippen molar-refractivity contribution in [2.75, 3.05) is 25.5 Å². The minimum atomic E-state index is -0.000208. The molecule has 0 unspecified atom stereocenters. The summed E-state index contributed by atoms with van der Waals surface area (Å²) in [6, 6.07) is 7.86. The Hall–Kier alpha value is -2.37. The first-order chi connectivity index (χ1) is 12.9. The van der Waals surface area contributed by atoms with Gasteiger partial charge in [0.2, 0.25) is 0 Å². The summed E-state index contributed by atoms with van der Waals surface area (Å²) >= 11 is 0. The summed E-state index contributed by atoms with van der Waals surface area (Å²) in [6.45, 7) is 5.81. The van der Waals surface area contributed by atoms with E-state index < -0.39 is 0 Å². The summed E-state index contributed by atoms with van der Waals surface area (Å²) in [7, 11) is 4.01. The average Bonchev–Trinajstić information content (AvgIpc) is 3.40. The first-order valence-corrected chi connectivity index (χ1v) is 9.97. The SMILES string of the molecule is CC(C)C[C@H]1c2nc(C3CC3)nn2CCN1C(=O)c1ccc(N(C)C)cc1. The van der Waals surface area contributed by atoms with E-state index in [-0.39, 0.29) is 11.9 Å². The highest BCUT2D eigenvalue weighted by molar-refractivity contribution is 5.94. The molecule has 1 aromatic heterocycles. The molecule has 1 amide bonds. The number of carbonyl (C=O) groups is 1. The zero-order valence-corrected chi connectivity index (χ0v) is 16.7. The van der Waals surface area contributed by atoms with Crippen LogP contribution in [-0.4, -0.2) is 46.2 Å². The zero-order chi connectivity index (χ0) is 19.1. The minimum Gasteiger partial charge on any atom is -0.378 e. The Bertz CT molecular complexity index is 820. The number of anilines is 1. The fourth-order valence-electron chi connectivity index (χ4n) is 3.79. The topological polar surface area (TPSA) is 54.3 Å². The van der Waals surface area contributed by atoms with Crippen molar-refractivity contribution >= 4 is 11.6 Å². The van der Waals surface area contributed by atoms with Crippen LogP contribution in [0.5, 0.6) is 0 Å². The first kappa shape index (κ1) is 18.0. The van der Waals surface area contributed by atoms with Crippen LogP contribution < -0.4 is 4.90 Å². The molecule has 0 spiro atoms. The molecule has 1 aliphatic carbocycles. The van der Waals surface area contributed by atoms with Crippen molar-refractivity contribution in [2.24, 2.45) is 5.92 Å². The molecule has 2 aliphatic rings. The molecular weight excluding hydrogens is 338 g/mol. The van der Waals surface area contributed by atoms with Crippen LogP contribution in [0.4, 0.5) is 5.69 Å². The molecule has 1 fully saturated rings. The Balaban J connectivity index is 1.62. The number of hydrogen-bond acceptors (Lipinski definition) is 4. The molecule has 27 heavy (non-hydrogen) atoms. The van der Waals surface area contributed by atoms with Gasteiger partial charge in [-0.3, -0.25) is 4.79 Å². The summed E-state index contributed by atoms with van der Waals surface area (Å²) < 4.78 is 2.04. The molecule has 2 aromatic rings.